The second kappa shape index (κ2) is 7.82. The van der Waals surface area contributed by atoms with Crippen molar-refractivity contribution in [1.29, 1.82) is 0 Å². The van der Waals surface area contributed by atoms with Crippen LogP contribution in [0.25, 0.3) is 21.7 Å². The Morgan fingerprint density at radius 3 is 2.75 bits per heavy atom. The first-order valence-electron chi connectivity index (χ1n) is 8.79. The number of nitrogens with one attached hydrogen (secondary N) is 1. The summed E-state index contributed by atoms with van der Waals surface area (Å²) in [7, 11) is 1.72. The Hall–Kier alpha value is -3.19. The zero-order chi connectivity index (χ0) is 19.5. The van der Waals surface area contributed by atoms with Crippen molar-refractivity contribution in [2.24, 2.45) is 7.05 Å². The van der Waals surface area contributed by atoms with Gasteiger partial charge in [-0.05, 0) is 55.0 Å². The Kier molecular flexibility index (Phi) is 5.08. The first-order chi connectivity index (χ1) is 13.6. The number of halogens is 1. The van der Waals surface area contributed by atoms with Gasteiger partial charge in [-0.15, -0.1) is 11.3 Å². The van der Waals surface area contributed by atoms with E-state index in [1.165, 1.54) is 21.7 Å². The summed E-state index contributed by atoms with van der Waals surface area (Å²) in [5.41, 5.74) is 2.92. The van der Waals surface area contributed by atoms with Crippen molar-refractivity contribution < 1.29 is 13.6 Å². The lowest BCUT2D eigenvalue weighted by atomic mass is 10.1. The molecule has 0 unspecified atom stereocenters. The van der Waals surface area contributed by atoms with Gasteiger partial charge in [-0.3, -0.25) is 9.48 Å². The molecule has 0 saturated carbocycles. The molecule has 0 aliphatic heterocycles. The van der Waals surface area contributed by atoms with Crippen LogP contribution < -0.4 is 5.32 Å². The van der Waals surface area contributed by atoms with E-state index in [4.69, 9.17) is 4.42 Å². The van der Waals surface area contributed by atoms with Crippen LogP contribution in [0.4, 0.5) is 4.39 Å². The molecule has 0 fully saturated rings. The number of benzene rings is 1. The summed E-state index contributed by atoms with van der Waals surface area (Å²) < 4.78 is 19.7. The van der Waals surface area contributed by atoms with Gasteiger partial charge in [0.15, 0.2) is 0 Å². The molecule has 0 spiro atoms. The molecule has 28 heavy (non-hydrogen) atoms. The quantitative estimate of drug-likeness (QED) is 0.522. The smallest absolute Gasteiger partial charge is 0.269 e. The van der Waals surface area contributed by atoms with Gasteiger partial charge in [-0.1, -0.05) is 0 Å². The molecule has 1 N–H and O–H groups in total. The van der Waals surface area contributed by atoms with Crippen molar-refractivity contribution in [3.8, 4) is 21.7 Å². The molecule has 0 saturated heterocycles. The van der Waals surface area contributed by atoms with E-state index in [9.17, 15) is 9.18 Å². The minimum Gasteiger partial charge on any atom is -0.472 e. The van der Waals surface area contributed by atoms with Crippen molar-refractivity contribution >= 4 is 17.2 Å². The van der Waals surface area contributed by atoms with E-state index < -0.39 is 0 Å². The van der Waals surface area contributed by atoms with E-state index in [2.05, 4.69) is 22.5 Å². The summed E-state index contributed by atoms with van der Waals surface area (Å²) in [5.74, 6) is -0.489. The fourth-order valence-corrected chi connectivity index (χ4v) is 3.90. The molecule has 7 heteroatoms. The number of aromatic nitrogens is 2. The molecule has 4 rings (SSSR count). The average Bonchev–Trinajstić information content (AvgIpc) is 3.42. The summed E-state index contributed by atoms with van der Waals surface area (Å²) in [5, 5.41) is 7.29. The van der Waals surface area contributed by atoms with Crippen molar-refractivity contribution in [1.82, 2.24) is 15.1 Å². The number of hydrogen-bond acceptors (Lipinski definition) is 4. The fraction of sp³-hybridized carbons (Fsp3) is 0.143. The van der Waals surface area contributed by atoms with Crippen LogP contribution >= 0.6 is 11.3 Å². The highest BCUT2D eigenvalue weighted by Crippen LogP contribution is 2.28. The van der Waals surface area contributed by atoms with E-state index in [1.807, 2.05) is 6.07 Å². The molecule has 5 nitrogen and oxygen atoms in total. The van der Waals surface area contributed by atoms with Crippen LogP contribution in [0.2, 0.25) is 0 Å². The summed E-state index contributed by atoms with van der Waals surface area (Å²) in [6.45, 7) is 0.529. The van der Waals surface area contributed by atoms with Crippen LogP contribution in [-0.4, -0.2) is 22.2 Å². The lowest BCUT2D eigenvalue weighted by Crippen LogP contribution is -2.27. The molecule has 4 aromatic rings. The number of hydrogen-bond donors (Lipinski definition) is 1. The van der Waals surface area contributed by atoms with E-state index in [0.717, 1.165) is 22.4 Å². The zero-order valence-electron chi connectivity index (χ0n) is 15.2. The van der Waals surface area contributed by atoms with Gasteiger partial charge in [0, 0.05) is 34.5 Å². The summed E-state index contributed by atoms with van der Waals surface area (Å²) in [4.78, 5) is 14.8. The highest BCUT2D eigenvalue weighted by Gasteiger charge is 2.14. The molecule has 0 aliphatic rings. The third kappa shape index (κ3) is 3.89. The lowest BCUT2D eigenvalue weighted by molar-refractivity contribution is 0.0945. The predicted molar refractivity (Wildman–Crippen MR) is 107 cm³/mol. The predicted octanol–water partition coefficient (Wildman–Crippen LogP) is 4.52. The Morgan fingerprint density at radius 1 is 1.18 bits per heavy atom. The maximum Gasteiger partial charge on any atom is 0.269 e. The monoisotopic (exact) mass is 395 g/mol. The zero-order valence-corrected chi connectivity index (χ0v) is 16.0. The molecule has 0 aliphatic carbocycles. The number of amides is 1. The molecule has 142 valence electrons. The van der Waals surface area contributed by atoms with E-state index in [0.29, 0.717) is 17.9 Å². The molecule has 0 bridgehead atoms. The van der Waals surface area contributed by atoms with Gasteiger partial charge in [-0.25, -0.2) is 4.39 Å². The van der Waals surface area contributed by atoms with Crippen LogP contribution in [-0.2, 0) is 13.5 Å². The molecule has 1 amide bonds. The van der Waals surface area contributed by atoms with Gasteiger partial charge in [0.1, 0.15) is 11.5 Å². The topological polar surface area (TPSA) is 60.1 Å². The first kappa shape index (κ1) is 18.2. The molecule has 3 aromatic heterocycles. The van der Waals surface area contributed by atoms with Crippen LogP contribution in [0, 0.1) is 5.82 Å². The third-order valence-corrected chi connectivity index (χ3v) is 5.57. The fourth-order valence-electron chi connectivity index (χ4n) is 2.90. The van der Waals surface area contributed by atoms with Crippen molar-refractivity contribution in [3.63, 3.8) is 0 Å². The number of carbonyl (C=O) groups excluding carboxylic acids is 1. The number of aryl methyl sites for hydroxylation is 1. The third-order valence-electron chi connectivity index (χ3n) is 4.38. The highest BCUT2D eigenvalue weighted by atomic mass is 32.1. The van der Waals surface area contributed by atoms with Crippen LogP contribution in [0.15, 0.2) is 65.5 Å². The number of furan rings is 1. The van der Waals surface area contributed by atoms with Gasteiger partial charge in [0.2, 0.25) is 0 Å². The average molecular weight is 395 g/mol. The standard InChI is InChI=1S/C21H18FN3O2S/c1-25-19(12-18(24-25)14-2-4-16(22)5-3-14)21(26)23-10-8-17-6-7-20(28-17)15-9-11-27-13-15/h2-7,9,11-13H,8,10H2,1H3,(H,23,26). The Bertz CT molecular complexity index is 1080. The lowest BCUT2D eigenvalue weighted by Gasteiger charge is -2.04. The molecule has 1 aromatic carbocycles. The Labute approximate surface area is 165 Å². The summed E-state index contributed by atoms with van der Waals surface area (Å²) in [6.07, 6.45) is 4.12. The van der Waals surface area contributed by atoms with Crippen molar-refractivity contribution in [2.45, 2.75) is 6.42 Å². The molecular weight excluding hydrogens is 377 g/mol. The van der Waals surface area contributed by atoms with Gasteiger partial charge < -0.3 is 9.73 Å². The SMILES string of the molecule is Cn1nc(-c2ccc(F)cc2)cc1C(=O)NCCc1ccc(-c2ccoc2)s1. The number of rotatable bonds is 6. The van der Waals surface area contributed by atoms with E-state index in [1.54, 1.807) is 49.1 Å². The van der Waals surface area contributed by atoms with E-state index >= 15 is 0 Å². The maximum absolute atomic E-state index is 13.1. The Balaban J connectivity index is 1.37. The van der Waals surface area contributed by atoms with Gasteiger partial charge in [0.25, 0.3) is 5.91 Å². The van der Waals surface area contributed by atoms with Gasteiger partial charge in [-0.2, -0.15) is 5.10 Å². The molecule has 3 heterocycles. The number of thiophene rings is 1. The van der Waals surface area contributed by atoms with Crippen molar-refractivity contribution in [2.75, 3.05) is 6.54 Å². The van der Waals surface area contributed by atoms with Gasteiger partial charge in [0.05, 0.1) is 18.2 Å². The Morgan fingerprint density at radius 2 is 2.00 bits per heavy atom. The second-order valence-corrected chi connectivity index (χ2v) is 7.50. The van der Waals surface area contributed by atoms with E-state index in [-0.39, 0.29) is 11.7 Å². The molecular formula is C21H18FN3O2S. The summed E-state index contributed by atoms with van der Waals surface area (Å²) >= 11 is 1.68. The first-order valence-corrected chi connectivity index (χ1v) is 9.61. The van der Waals surface area contributed by atoms with Gasteiger partial charge >= 0.3 is 0 Å². The minimum atomic E-state index is -0.304. The van der Waals surface area contributed by atoms with Crippen LogP contribution in [0.3, 0.4) is 0 Å². The second-order valence-electron chi connectivity index (χ2n) is 6.33. The highest BCUT2D eigenvalue weighted by molar-refractivity contribution is 7.15. The molecule has 0 radical (unpaired) electrons. The normalized spacial score (nSPS) is 10.9. The largest absolute Gasteiger partial charge is 0.472 e. The molecule has 0 atom stereocenters. The number of nitrogens with zero attached hydrogens (tertiary/aromatic N) is 2. The summed E-state index contributed by atoms with van der Waals surface area (Å²) in [6, 6.07) is 13.8. The van der Waals surface area contributed by atoms with Crippen LogP contribution in [0.1, 0.15) is 15.4 Å². The van der Waals surface area contributed by atoms with Crippen molar-refractivity contribution in [3.05, 3.63) is 77.4 Å². The van der Waals surface area contributed by atoms with Crippen LogP contribution in [0.5, 0.6) is 0 Å². The minimum absolute atomic E-state index is 0.185. The number of carbonyl (C=O) groups is 1. The maximum atomic E-state index is 13.1.